The van der Waals surface area contributed by atoms with E-state index in [2.05, 4.69) is 18.7 Å². The van der Waals surface area contributed by atoms with Gasteiger partial charge >= 0.3 is 0 Å². The van der Waals surface area contributed by atoms with Gasteiger partial charge in [-0.15, -0.1) is 0 Å². The van der Waals surface area contributed by atoms with E-state index in [9.17, 15) is 4.79 Å². The molecule has 4 nitrogen and oxygen atoms in total. The first-order chi connectivity index (χ1) is 7.18. The van der Waals surface area contributed by atoms with Crippen LogP contribution in [0.1, 0.15) is 26.7 Å². The average molecular weight is 212 g/mol. The Hall–Kier alpha value is -0.610. The van der Waals surface area contributed by atoms with E-state index >= 15 is 0 Å². The maximum atomic E-state index is 11.0. The fourth-order valence-electron chi connectivity index (χ4n) is 2.58. The minimum atomic E-state index is -0.315. The number of likely N-dealkylation sites (tertiary alicyclic amines) is 1. The molecule has 86 valence electrons. The Bertz CT molecular complexity index is 245. The van der Waals surface area contributed by atoms with Crippen molar-refractivity contribution in [1.82, 2.24) is 9.80 Å². The Morgan fingerprint density at radius 3 is 2.87 bits per heavy atom. The molecule has 2 aliphatic rings. The maximum absolute atomic E-state index is 11.0. The van der Waals surface area contributed by atoms with E-state index < -0.39 is 0 Å². The summed E-state index contributed by atoms with van der Waals surface area (Å²) < 4.78 is 5.86. The summed E-state index contributed by atoms with van der Waals surface area (Å²) in [5.41, 5.74) is -0.315. The van der Waals surface area contributed by atoms with E-state index in [0.29, 0.717) is 6.04 Å². The Balaban J connectivity index is 2.10. The van der Waals surface area contributed by atoms with Crippen molar-refractivity contribution in [2.75, 3.05) is 26.2 Å². The van der Waals surface area contributed by atoms with Gasteiger partial charge in [0.2, 0.25) is 6.41 Å². The summed E-state index contributed by atoms with van der Waals surface area (Å²) in [5.74, 6) is 0. The number of nitrogens with zero attached hydrogens (tertiary/aromatic N) is 2. The topological polar surface area (TPSA) is 32.8 Å². The summed E-state index contributed by atoms with van der Waals surface area (Å²) in [6, 6.07) is 0.528. The molecule has 15 heavy (non-hydrogen) atoms. The minimum Gasteiger partial charge on any atom is -0.353 e. The van der Waals surface area contributed by atoms with Crippen LogP contribution in [0.4, 0.5) is 0 Å². The largest absolute Gasteiger partial charge is 0.353 e. The predicted molar refractivity (Wildman–Crippen MR) is 57.4 cm³/mol. The van der Waals surface area contributed by atoms with Crippen molar-refractivity contribution in [1.29, 1.82) is 0 Å². The number of morpholine rings is 1. The molecular formula is C11H20N2O2. The summed E-state index contributed by atoms with van der Waals surface area (Å²) in [6.45, 7) is 7.81. The Morgan fingerprint density at radius 2 is 2.20 bits per heavy atom. The number of rotatable bonds is 2. The number of hydrogen-bond acceptors (Lipinski definition) is 3. The van der Waals surface area contributed by atoms with Gasteiger partial charge in [0.05, 0.1) is 6.61 Å². The van der Waals surface area contributed by atoms with Gasteiger partial charge in [-0.1, -0.05) is 0 Å². The smallest absolute Gasteiger partial charge is 0.211 e. The molecule has 2 saturated heterocycles. The van der Waals surface area contributed by atoms with Crippen molar-refractivity contribution >= 4 is 6.41 Å². The quantitative estimate of drug-likeness (QED) is 0.631. The third-order valence-electron chi connectivity index (χ3n) is 3.55. The highest BCUT2D eigenvalue weighted by Gasteiger charge is 2.45. The molecule has 2 rings (SSSR count). The van der Waals surface area contributed by atoms with Gasteiger partial charge in [0, 0.05) is 25.7 Å². The molecule has 2 heterocycles. The van der Waals surface area contributed by atoms with Crippen LogP contribution in [0.3, 0.4) is 0 Å². The van der Waals surface area contributed by atoms with Crippen molar-refractivity contribution in [3.63, 3.8) is 0 Å². The Kier molecular flexibility index (Phi) is 2.98. The standard InChI is InChI=1S/C11H20N2O2/c1-10(2)12-6-7-15-11(8-12)4-3-5-13(11)9-14/h9-10H,3-8H2,1-2H3. The van der Waals surface area contributed by atoms with Crippen LogP contribution >= 0.6 is 0 Å². The summed E-state index contributed by atoms with van der Waals surface area (Å²) in [5, 5.41) is 0. The SMILES string of the molecule is CC(C)N1CCOC2(CCCN2C=O)C1. The number of amides is 1. The first-order valence-corrected chi connectivity index (χ1v) is 5.78. The van der Waals surface area contributed by atoms with Crippen LogP contribution in [0, 0.1) is 0 Å². The van der Waals surface area contributed by atoms with Crippen molar-refractivity contribution in [2.45, 2.75) is 38.5 Å². The van der Waals surface area contributed by atoms with E-state index in [-0.39, 0.29) is 5.72 Å². The van der Waals surface area contributed by atoms with Gasteiger partial charge in [0.1, 0.15) is 0 Å². The third-order valence-corrected chi connectivity index (χ3v) is 3.55. The van der Waals surface area contributed by atoms with Crippen LogP contribution in [0.5, 0.6) is 0 Å². The lowest BCUT2D eigenvalue weighted by atomic mass is 10.1. The Labute approximate surface area is 91.2 Å². The number of ether oxygens (including phenoxy) is 1. The first-order valence-electron chi connectivity index (χ1n) is 5.78. The maximum Gasteiger partial charge on any atom is 0.211 e. The lowest BCUT2D eigenvalue weighted by molar-refractivity contribution is -0.184. The summed E-state index contributed by atoms with van der Waals surface area (Å²) in [6.07, 6.45) is 2.98. The molecule has 2 aliphatic heterocycles. The summed E-state index contributed by atoms with van der Waals surface area (Å²) >= 11 is 0. The molecule has 4 heteroatoms. The average Bonchev–Trinajstić information content (AvgIpc) is 2.60. The number of hydrogen-bond donors (Lipinski definition) is 0. The second-order valence-corrected chi connectivity index (χ2v) is 4.76. The first kappa shape index (κ1) is 10.9. The zero-order chi connectivity index (χ0) is 10.9. The molecular weight excluding hydrogens is 192 g/mol. The van der Waals surface area contributed by atoms with Crippen LogP contribution in [-0.4, -0.2) is 54.2 Å². The van der Waals surface area contributed by atoms with Crippen molar-refractivity contribution in [3.05, 3.63) is 0 Å². The zero-order valence-corrected chi connectivity index (χ0v) is 9.61. The molecule has 1 spiro atoms. The van der Waals surface area contributed by atoms with Crippen LogP contribution in [-0.2, 0) is 9.53 Å². The van der Waals surface area contributed by atoms with E-state index in [1.54, 1.807) is 0 Å². The molecule has 1 unspecified atom stereocenters. The van der Waals surface area contributed by atoms with E-state index in [0.717, 1.165) is 45.5 Å². The molecule has 0 N–H and O–H groups in total. The third kappa shape index (κ3) is 1.88. The fraction of sp³-hybridized carbons (Fsp3) is 0.909. The highest BCUT2D eigenvalue weighted by Crippen LogP contribution is 2.32. The predicted octanol–water partition coefficient (Wildman–Crippen LogP) is 0.675. The summed E-state index contributed by atoms with van der Waals surface area (Å²) in [7, 11) is 0. The van der Waals surface area contributed by atoms with Gasteiger partial charge in [-0.05, 0) is 26.7 Å². The molecule has 0 aromatic rings. The molecule has 0 aromatic carbocycles. The highest BCUT2D eigenvalue weighted by molar-refractivity contribution is 5.49. The van der Waals surface area contributed by atoms with Crippen LogP contribution in [0.2, 0.25) is 0 Å². The molecule has 1 atom stereocenters. The van der Waals surface area contributed by atoms with E-state index in [4.69, 9.17) is 4.74 Å². The fourth-order valence-corrected chi connectivity index (χ4v) is 2.58. The molecule has 0 aliphatic carbocycles. The lowest BCUT2D eigenvalue weighted by Gasteiger charge is -2.45. The zero-order valence-electron chi connectivity index (χ0n) is 9.61. The molecule has 0 aromatic heterocycles. The molecule has 0 saturated carbocycles. The van der Waals surface area contributed by atoms with Gasteiger partial charge in [0.15, 0.2) is 5.72 Å². The van der Waals surface area contributed by atoms with Gasteiger partial charge in [-0.3, -0.25) is 9.69 Å². The molecule has 2 fully saturated rings. The molecule has 1 amide bonds. The number of carbonyl (C=O) groups excluding carboxylic acids is 1. The Morgan fingerprint density at radius 1 is 1.40 bits per heavy atom. The minimum absolute atomic E-state index is 0.315. The monoisotopic (exact) mass is 212 g/mol. The van der Waals surface area contributed by atoms with Crippen molar-refractivity contribution in [2.24, 2.45) is 0 Å². The van der Waals surface area contributed by atoms with Gasteiger partial charge < -0.3 is 9.64 Å². The molecule has 0 radical (unpaired) electrons. The van der Waals surface area contributed by atoms with Crippen LogP contribution in [0.25, 0.3) is 0 Å². The van der Waals surface area contributed by atoms with Crippen molar-refractivity contribution < 1.29 is 9.53 Å². The summed E-state index contributed by atoms with van der Waals surface area (Å²) in [4.78, 5) is 15.2. The van der Waals surface area contributed by atoms with Crippen LogP contribution in [0.15, 0.2) is 0 Å². The number of carbonyl (C=O) groups is 1. The normalized spacial score (nSPS) is 32.9. The second-order valence-electron chi connectivity index (χ2n) is 4.76. The van der Waals surface area contributed by atoms with E-state index in [1.807, 2.05) is 4.90 Å². The highest BCUT2D eigenvalue weighted by atomic mass is 16.5. The second kappa shape index (κ2) is 4.10. The van der Waals surface area contributed by atoms with Gasteiger partial charge in [-0.2, -0.15) is 0 Å². The van der Waals surface area contributed by atoms with Crippen molar-refractivity contribution in [3.8, 4) is 0 Å². The van der Waals surface area contributed by atoms with E-state index in [1.165, 1.54) is 0 Å². The van der Waals surface area contributed by atoms with Crippen LogP contribution < -0.4 is 0 Å². The lowest BCUT2D eigenvalue weighted by Crippen LogP contribution is -2.59. The van der Waals surface area contributed by atoms with Gasteiger partial charge in [-0.25, -0.2) is 0 Å². The van der Waals surface area contributed by atoms with Gasteiger partial charge in [0.25, 0.3) is 0 Å². The molecule has 0 bridgehead atoms.